The van der Waals surface area contributed by atoms with Crippen LogP contribution >= 0.6 is 23.2 Å². The SMILES string of the molecule is CCC(C)C(CNc1ccc(Cl)c(Cl)c1)NC(=O)[C@@H](CCC(N)COCc1ccc(C)c(OCCCOC)c1)C(C)O. The predicted molar refractivity (Wildman–Crippen MR) is 172 cm³/mol. The number of hydrogen-bond acceptors (Lipinski definition) is 7. The number of nitrogens with two attached hydrogens (primary N) is 1. The molecule has 0 aromatic heterocycles. The summed E-state index contributed by atoms with van der Waals surface area (Å²) in [6.45, 7) is 10.3. The summed E-state index contributed by atoms with van der Waals surface area (Å²) < 4.78 is 16.8. The summed E-state index contributed by atoms with van der Waals surface area (Å²) in [6, 6.07) is 11.0. The second kappa shape index (κ2) is 19.3. The Balaban J connectivity index is 1.85. The first kappa shape index (κ1) is 36.1. The Kier molecular flexibility index (Phi) is 16.6. The van der Waals surface area contributed by atoms with Crippen molar-refractivity contribution in [1.82, 2.24) is 5.32 Å². The van der Waals surface area contributed by atoms with Crippen molar-refractivity contribution in [1.29, 1.82) is 0 Å². The highest BCUT2D eigenvalue weighted by Gasteiger charge is 2.28. The van der Waals surface area contributed by atoms with E-state index in [0.29, 0.717) is 55.9 Å². The summed E-state index contributed by atoms with van der Waals surface area (Å²) in [4.78, 5) is 13.3. The number of amides is 1. The molecule has 1 amide bonds. The van der Waals surface area contributed by atoms with Crippen LogP contribution in [0.1, 0.15) is 57.6 Å². The van der Waals surface area contributed by atoms with E-state index in [2.05, 4.69) is 24.5 Å². The number of aliphatic hydroxyl groups is 1. The zero-order valence-electron chi connectivity index (χ0n) is 25.6. The van der Waals surface area contributed by atoms with E-state index in [1.54, 1.807) is 26.2 Å². The Labute approximate surface area is 261 Å². The third-order valence-electron chi connectivity index (χ3n) is 7.48. The van der Waals surface area contributed by atoms with Gasteiger partial charge in [-0.15, -0.1) is 0 Å². The standard InChI is InChI=1S/C32H49Cl2N3O5/c1-6-21(2)30(18-36-26-11-13-28(33)29(34)17-26)37-32(39)27(23(4)38)12-10-25(35)20-41-19-24-9-8-22(3)31(16-24)42-15-7-14-40-5/h8-9,11,13,16-17,21,23,25,27,30,36,38H,6-7,10,12,14-15,18-20,35H2,1-5H3,(H,37,39)/t21?,23?,25?,27-,30?/m0/s1. The number of carbonyl (C=O) groups is 1. The summed E-state index contributed by atoms with van der Waals surface area (Å²) in [7, 11) is 1.68. The van der Waals surface area contributed by atoms with Crippen LogP contribution in [-0.2, 0) is 20.9 Å². The summed E-state index contributed by atoms with van der Waals surface area (Å²) in [5.74, 6) is 0.289. The molecule has 42 heavy (non-hydrogen) atoms. The van der Waals surface area contributed by atoms with Crippen LogP contribution in [0.15, 0.2) is 36.4 Å². The van der Waals surface area contributed by atoms with Crippen molar-refractivity contribution in [2.75, 3.05) is 38.8 Å². The van der Waals surface area contributed by atoms with E-state index >= 15 is 0 Å². The lowest BCUT2D eigenvalue weighted by Gasteiger charge is -2.29. The third kappa shape index (κ3) is 12.7. The van der Waals surface area contributed by atoms with Crippen LogP contribution in [0.5, 0.6) is 5.75 Å². The van der Waals surface area contributed by atoms with Gasteiger partial charge in [0.1, 0.15) is 5.75 Å². The quantitative estimate of drug-likeness (QED) is 0.134. The van der Waals surface area contributed by atoms with Crippen LogP contribution in [0.25, 0.3) is 0 Å². The number of ether oxygens (including phenoxy) is 3. The lowest BCUT2D eigenvalue weighted by Crippen LogP contribution is -2.48. The van der Waals surface area contributed by atoms with Crippen LogP contribution in [0, 0.1) is 18.8 Å². The fraction of sp³-hybridized carbons (Fsp3) is 0.594. The van der Waals surface area contributed by atoms with Gasteiger partial charge in [0.25, 0.3) is 0 Å². The van der Waals surface area contributed by atoms with Crippen LogP contribution in [0.3, 0.4) is 0 Å². The van der Waals surface area contributed by atoms with Gasteiger partial charge in [0.15, 0.2) is 0 Å². The number of methoxy groups -OCH3 is 1. The first-order valence-electron chi connectivity index (χ1n) is 14.8. The van der Waals surface area contributed by atoms with Gasteiger partial charge in [-0.25, -0.2) is 0 Å². The number of aliphatic hydroxyl groups excluding tert-OH is 1. The number of anilines is 1. The molecule has 2 aromatic carbocycles. The molecule has 0 saturated carbocycles. The normalized spacial score (nSPS) is 15.0. The molecule has 0 spiro atoms. The van der Waals surface area contributed by atoms with Gasteiger partial charge in [0.05, 0.1) is 41.9 Å². The molecule has 2 aromatic rings. The van der Waals surface area contributed by atoms with Gasteiger partial charge in [-0.05, 0) is 68.0 Å². The zero-order chi connectivity index (χ0) is 31.1. The number of benzene rings is 2. The second-order valence-electron chi connectivity index (χ2n) is 11.0. The van der Waals surface area contributed by atoms with Crippen molar-refractivity contribution in [2.24, 2.45) is 17.6 Å². The Morgan fingerprint density at radius 2 is 1.83 bits per heavy atom. The molecule has 0 bridgehead atoms. The van der Waals surface area contributed by atoms with Gasteiger partial charge < -0.3 is 35.7 Å². The molecule has 8 nitrogen and oxygen atoms in total. The molecular formula is C32H49Cl2N3O5. The lowest BCUT2D eigenvalue weighted by atomic mass is 9.92. The van der Waals surface area contributed by atoms with Crippen molar-refractivity contribution in [2.45, 2.75) is 78.2 Å². The minimum absolute atomic E-state index is 0.140. The minimum atomic E-state index is -0.811. The van der Waals surface area contributed by atoms with Gasteiger partial charge in [0.2, 0.25) is 5.91 Å². The molecule has 0 aliphatic heterocycles. The molecule has 2 rings (SSSR count). The van der Waals surface area contributed by atoms with Gasteiger partial charge in [-0.1, -0.05) is 55.6 Å². The van der Waals surface area contributed by atoms with Gasteiger partial charge in [-0.2, -0.15) is 0 Å². The molecule has 0 heterocycles. The van der Waals surface area contributed by atoms with Crippen molar-refractivity contribution in [3.63, 3.8) is 0 Å². The van der Waals surface area contributed by atoms with E-state index in [0.717, 1.165) is 35.4 Å². The monoisotopic (exact) mass is 625 g/mol. The Morgan fingerprint density at radius 1 is 1.07 bits per heavy atom. The minimum Gasteiger partial charge on any atom is -0.493 e. The predicted octanol–water partition coefficient (Wildman–Crippen LogP) is 5.98. The Morgan fingerprint density at radius 3 is 2.50 bits per heavy atom. The molecule has 5 N–H and O–H groups in total. The van der Waals surface area contributed by atoms with Crippen molar-refractivity contribution < 1.29 is 24.1 Å². The number of aryl methyl sites for hydroxylation is 1. The maximum atomic E-state index is 13.3. The molecule has 0 saturated heterocycles. The van der Waals surface area contributed by atoms with E-state index in [-0.39, 0.29) is 23.9 Å². The third-order valence-corrected chi connectivity index (χ3v) is 8.21. The molecule has 236 valence electrons. The van der Waals surface area contributed by atoms with Gasteiger partial charge >= 0.3 is 0 Å². The topological polar surface area (TPSA) is 115 Å². The molecular weight excluding hydrogens is 577 g/mol. The number of hydrogen-bond donors (Lipinski definition) is 4. The average molecular weight is 627 g/mol. The fourth-order valence-corrected chi connectivity index (χ4v) is 4.77. The molecule has 0 aliphatic rings. The molecule has 5 atom stereocenters. The molecule has 10 heteroatoms. The Hall–Kier alpha value is -2.07. The van der Waals surface area contributed by atoms with Crippen LogP contribution in [0.2, 0.25) is 10.0 Å². The van der Waals surface area contributed by atoms with Gasteiger partial charge in [-0.3, -0.25) is 4.79 Å². The lowest BCUT2D eigenvalue weighted by molar-refractivity contribution is -0.129. The van der Waals surface area contributed by atoms with E-state index in [4.69, 9.17) is 43.1 Å². The maximum absolute atomic E-state index is 13.3. The first-order chi connectivity index (χ1) is 20.0. The van der Waals surface area contributed by atoms with Crippen molar-refractivity contribution >= 4 is 34.8 Å². The summed E-state index contributed by atoms with van der Waals surface area (Å²) in [5, 5.41) is 17.9. The smallest absolute Gasteiger partial charge is 0.225 e. The number of nitrogens with one attached hydrogen (secondary N) is 2. The summed E-state index contributed by atoms with van der Waals surface area (Å²) in [5.41, 5.74) is 9.22. The summed E-state index contributed by atoms with van der Waals surface area (Å²) in [6.07, 6.45) is 1.89. The second-order valence-corrected chi connectivity index (χ2v) is 11.8. The first-order valence-corrected chi connectivity index (χ1v) is 15.5. The summed E-state index contributed by atoms with van der Waals surface area (Å²) >= 11 is 12.2. The van der Waals surface area contributed by atoms with Crippen LogP contribution in [0.4, 0.5) is 5.69 Å². The van der Waals surface area contributed by atoms with Crippen LogP contribution in [-0.4, -0.2) is 62.7 Å². The van der Waals surface area contributed by atoms with E-state index in [1.807, 2.05) is 31.2 Å². The highest BCUT2D eigenvalue weighted by molar-refractivity contribution is 6.42. The maximum Gasteiger partial charge on any atom is 0.225 e. The molecule has 0 aliphatic carbocycles. The van der Waals surface area contributed by atoms with Crippen molar-refractivity contribution in [3.05, 3.63) is 57.6 Å². The highest BCUT2D eigenvalue weighted by atomic mass is 35.5. The number of carbonyl (C=O) groups excluding carboxylic acids is 1. The number of rotatable bonds is 20. The van der Waals surface area contributed by atoms with E-state index in [9.17, 15) is 9.90 Å². The van der Waals surface area contributed by atoms with Gasteiger partial charge in [0, 0.05) is 44.5 Å². The molecule has 0 fully saturated rings. The fourth-order valence-electron chi connectivity index (χ4n) is 4.47. The van der Waals surface area contributed by atoms with E-state index in [1.165, 1.54) is 0 Å². The average Bonchev–Trinajstić information content (AvgIpc) is 2.96. The van der Waals surface area contributed by atoms with Crippen molar-refractivity contribution in [3.8, 4) is 5.75 Å². The highest BCUT2D eigenvalue weighted by Crippen LogP contribution is 2.25. The molecule has 4 unspecified atom stereocenters. The van der Waals surface area contributed by atoms with E-state index < -0.39 is 12.0 Å². The number of halogens is 2. The molecule has 0 radical (unpaired) electrons. The Bertz CT molecular complexity index is 1090. The zero-order valence-corrected chi connectivity index (χ0v) is 27.1. The van der Waals surface area contributed by atoms with Crippen LogP contribution < -0.4 is 21.1 Å². The largest absolute Gasteiger partial charge is 0.493 e.